The fraction of sp³-hybridized carbons (Fsp3) is 0.750. The molecule has 0 bridgehead atoms. The van der Waals surface area contributed by atoms with Gasteiger partial charge in [0.1, 0.15) is 6.04 Å². The van der Waals surface area contributed by atoms with Crippen LogP contribution in [0.5, 0.6) is 0 Å². The van der Waals surface area contributed by atoms with E-state index >= 15 is 0 Å². The first kappa shape index (κ1) is 23.1. The van der Waals surface area contributed by atoms with Gasteiger partial charge in [-0.3, -0.25) is 14.5 Å². The van der Waals surface area contributed by atoms with Crippen molar-refractivity contribution in [1.82, 2.24) is 15.1 Å². The van der Waals surface area contributed by atoms with Crippen molar-refractivity contribution in [2.24, 2.45) is 5.41 Å². The molecule has 0 aromatic carbocycles. The first-order valence-corrected chi connectivity index (χ1v) is 9.53. The summed E-state index contributed by atoms with van der Waals surface area (Å²) in [4.78, 5) is 40.3. The van der Waals surface area contributed by atoms with Crippen molar-refractivity contribution < 1.29 is 19.5 Å². The van der Waals surface area contributed by atoms with E-state index in [-0.39, 0.29) is 30.0 Å². The lowest BCUT2D eigenvalue weighted by atomic mass is 9.85. The van der Waals surface area contributed by atoms with Crippen LogP contribution in [-0.2, 0) is 14.4 Å². The Morgan fingerprint density at radius 1 is 1.30 bits per heavy atom. The van der Waals surface area contributed by atoms with Gasteiger partial charge in [0.15, 0.2) is 0 Å². The zero-order valence-electron chi connectivity index (χ0n) is 17.7. The minimum Gasteiger partial charge on any atom is -0.478 e. The van der Waals surface area contributed by atoms with E-state index in [9.17, 15) is 14.4 Å². The van der Waals surface area contributed by atoms with Gasteiger partial charge in [0.05, 0.1) is 6.04 Å². The molecular formula is C20H35N3O4. The highest BCUT2D eigenvalue weighted by atomic mass is 16.4. The maximum atomic E-state index is 13.0. The summed E-state index contributed by atoms with van der Waals surface area (Å²) in [5, 5.41) is 11.9. The Morgan fingerprint density at radius 3 is 2.41 bits per heavy atom. The van der Waals surface area contributed by atoms with E-state index in [0.717, 1.165) is 19.3 Å². The van der Waals surface area contributed by atoms with Crippen molar-refractivity contribution in [2.75, 3.05) is 20.6 Å². The molecule has 0 radical (unpaired) electrons. The van der Waals surface area contributed by atoms with Crippen LogP contribution in [-0.4, -0.2) is 71.5 Å². The molecule has 2 amide bonds. The zero-order chi connectivity index (χ0) is 20.9. The molecule has 1 saturated heterocycles. The molecule has 1 aliphatic heterocycles. The van der Waals surface area contributed by atoms with Gasteiger partial charge in [-0.15, -0.1) is 0 Å². The normalized spacial score (nSPS) is 22.9. The van der Waals surface area contributed by atoms with Crippen molar-refractivity contribution in [3.8, 4) is 0 Å². The van der Waals surface area contributed by atoms with Crippen LogP contribution < -0.4 is 5.32 Å². The highest BCUT2D eigenvalue weighted by Gasteiger charge is 2.38. The zero-order valence-corrected chi connectivity index (χ0v) is 17.7. The second-order valence-corrected chi connectivity index (χ2v) is 8.68. The minimum atomic E-state index is -1.01. The number of hydrogen-bond donors (Lipinski definition) is 2. The third-order valence-corrected chi connectivity index (χ3v) is 5.37. The van der Waals surface area contributed by atoms with Gasteiger partial charge in [0.25, 0.3) is 0 Å². The van der Waals surface area contributed by atoms with Gasteiger partial charge >= 0.3 is 5.97 Å². The number of carbonyl (C=O) groups excluding carboxylic acids is 2. The molecule has 0 spiro atoms. The number of carbonyl (C=O) groups is 3. The van der Waals surface area contributed by atoms with Crippen LogP contribution in [0, 0.1) is 5.41 Å². The van der Waals surface area contributed by atoms with E-state index in [1.165, 1.54) is 17.9 Å². The SMILES string of the molecule is C/C(=C\CN(C)C(=O)C(NC(=O)C1CCCC(C)N1C)C(C)(C)C)C(=O)O. The summed E-state index contributed by atoms with van der Waals surface area (Å²) in [5.41, 5.74) is -0.283. The number of likely N-dealkylation sites (N-methyl/N-ethyl adjacent to an activating group) is 2. The smallest absolute Gasteiger partial charge is 0.331 e. The first-order valence-electron chi connectivity index (χ1n) is 9.53. The van der Waals surface area contributed by atoms with Crippen LogP contribution in [0.4, 0.5) is 0 Å². The number of likely N-dealkylation sites (tertiary alicyclic amines) is 1. The Hall–Kier alpha value is -1.89. The lowest BCUT2D eigenvalue weighted by Crippen LogP contribution is -2.59. The molecule has 1 heterocycles. The number of aliphatic carboxylic acids is 1. The van der Waals surface area contributed by atoms with Gasteiger partial charge in [0, 0.05) is 25.2 Å². The van der Waals surface area contributed by atoms with Crippen molar-refractivity contribution >= 4 is 17.8 Å². The van der Waals surface area contributed by atoms with Gasteiger partial charge < -0.3 is 15.3 Å². The highest BCUT2D eigenvalue weighted by Crippen LogP contribution is 2.24. The maximum absolute atomic E-state index is 13.0. The van der Waals surface area contributed by atoms with E-state index in [2.05, 4.69) is 17.1 Å². The minimum absolute atomic E-state index is 0.122. The molecule has 27 heavy (non-hydrogen) atoms. The number of nitrogens with zero attached hydrogens (tertiary/aromatic N) is 2. The lowest BCUT2D eigenvalue weighted by molar-refractivity contribution is -0.140. The van der Waals surface area contributed by atoms with E-state index in [1.807, 2.05) is 27.8 Å². The number of carboxylic acids is 1. The topological polar surface area (TPSA) is 90.0 Å². The number of nitrogens with one attached hydrogen (secondary N) is 1. The summed E-state index contributed by atoms with van der Waals surface area (Å²) in [6.07, 6.45) is 4.35. The molecule has 0 aromatic rings. The fourth-order valence-electron chi connectivity index (χ4n) is 3.20. The van der Waals surface area contributed by atoms with Crippen LogP contribution in [0.1, 0.15) is 53.9 Å². The molecule has 3 atom stereocenters. The molecule has 7 nitrogen and oxygen atoms in total. The molecule has 1 aliphatic rings. The molecule has 154 valence electrons. The quantitative estimate of drug-likeness (QED) is 0.686. The number of rotatable bonds is 6. The number of carboxylic acid groups (broad SMARTS) is 1. The largest absolute Gasteiger partial charge is 0.478 e. The number of amides is 2. The summed E-state index contributed by atoms with van der Waals surface area (Å²) in [6, 6.07) is -0.574. The highest BCUT2D eigenvalue weighted by molar-refractivity contribution is 5.90. The predicted molar refractivity (Wildman–Crippen MR) is 105 cm³/mol. The van der Waals surface area contributed by atoms with Gasteiger partial charge in [-0.25, -0.2) is 4.79 Å². The lowest BCUT2D eigenvalue weighted by Gasteiger charge is -2.39. The Morgan fingerprint density at radius 2 is 1.89 bits per heavy atom. The molecule has 0 aromatic heterocycles. The fourth-order valence-corrected chi connectivity index (χ4v) is 3.20. The second kappa shape index (κ2) is 9.35. The number of hydrogen-bond acceptors (Lipinski definition) is 4. The molecular weight excluding hydrogens is 346 g/mol. The Balaban J connectivity index is 2.89. The van der Waals surface area contributed by atoms with E-state index < -0.39 is 17.4 Å². The average Bonchev–Trinajstić information content (AvgIpc) is 2.57. The molecule has 0 aliphatic carbocycles. The van der Waals surface area contributed by atoms with E-state index in [1.54, 1.807) is 7.05 Å². The third-order valence-electron chi connectivity index (χ3n) is 5.37. The van der Waals surface area contributed by atoms with Crippen molar-refractivity contribution in [3.63, 3.8) is 0 Å². The molecule has 1 fully saturated rings. The molecule has 1 rings (SSSR count). The van der Waals surface area contributed by atoms with Gasteiger partial charge in [-0.1, -0.05) is 26.8 Å². The summed E-state index contributed by atoms with van der Waals surface area (Å²) >= 11 is 0. The monoisotopic (exact) mass is 381 g/mol. The third kappa shape index (κ3) is 6.34. The summed E-state index contributed by atoms with van der Waals surface area (Å²) in [6.45, 7) is 9.51. The van der Waals surface area contributed by atoms with Gasteiger partial charge in [-0.05, 0) is 45.6 Å². The number of piperidine rings is 1. The molecule has 7 heteroatoms. The molecule has 0 saturated carbocycles. The second-order valence-electron chi connectivity index (χ2n) is 8.68. The van der Waals surface area contributed by atoms with Crippen molar-refractivity contribution in [1.29, 1.82) is 0 Å². The van der Waals surface area contributed by atoms with E-state index in [4.69, 9.17) is 5.11 Å². The Labute approximate surface area is 162 Å². The molecule has 3 unspecified atom stereocenters. The maximum Gasteiger partial charge on any atom is 0.331 e. The van der Waals surface area contributed by atoms with E-state index in [0.29, 0.717) is 6.04 Å². The Bertz CT molecular complexity index is 595. The van der Waals surface area contributed by atoms with Gasteiger partial charge in [-0.2, -0.15) is 0 Å². The average molecular weight is 382 g/mol. The van der Waals surface area contributed by atoms with Crippen molar-refractivity contribution in [3.05, 3.63) is 11.6 Å². The van der Waals surface area contributed by atoms with Crippen LogP contribution in [0.2, 0.25) is 0 Å². The first-order chi connectivity index (χ1) is 12.4. The Kier molecular flexibility index (Phi) is 8.02. The van der Waals surface area contributed by atoms with Crippen LogP contribution in [0.25, 0.3) is 0 Å². The molecule has 2 N–H and O–H groups in total. The summed E-state index contributed by atoms with van der Waals surface area (Å²) in [7, 11) is 3.57. The van der Waals surface area contributed by atoms with Crippen LogP contribution >= 0.6 is 0 Å². The van der Waals surface area contributed by atoms with Crippen LogP contribution in [0.3, 0.4) is 0 Å². The van der Waals surface area contributed by atoms with Gasteiger partial charge in [0.2, 0.25) is 11.8 Å². The summed E-state index contributed by atoms with van der Waals surface area (Å²) < 4.78 is 0. The van der Waals surface area contributed by atoms with Crippen LogP contribution in [0.15, 0.2) is 11.6 Å². The predicted octanol–water partition coefficient (Wildman–Crippen LogP) is 1.88. The standard InChI is InChI=1S/C20H35N3O4/c1-13(19(26)27)11-12-22(6)18(25)16(20(3,4)5)21-17(24)15-10-8-9-14(2)23(15)7/h11,14-16H,8-10,12H2,1-7H3,(H,21,24)(H,26,27)/b13-11+. The summed E-state index contributed by atoms with van der Waals surface area (Å²) in [5.74, 6) is -1.36. The van der Waals surface area contributed by atoms with Crippen molar-refractivity contribution in [2.45, 2.75) is 72.0 Å².